The molecule has 96 valence electrons. The Morgan fingerprint density at radius 3 is 2.39 bits per heavy atom. The summed E-state index contributed by atoms with van der Waals surface area (Å²) < 4.78 is 1.80. The molecule has 5 nitrogen and oxygen atoms in total. The molecular weight excluding hydrogens is 226 g/mol. The van der Waals surface area contributed by atoms with Gasteiger partial charge in [-0.1, -0.05) is 20.8 Å². The highest BCUT2D eigenvalue weighted by Gasteiger charge is 2.19. The van der Waals surface area contributed by atoms with Gasteiger partial charge in [-0.05, 0) is 6.92 Å². The van der Waals surface area contributed by atoms with Gasteiger partial charge in [0.15, 0.2) is 5.82 Å². The fourth-order valence-electron chi connectivity index (χ4n) is 1.69. The average Bonchev–Trinajstić information content (AvgIpc) is 2.58. The van der Waals surface area contributed by atoms with Gasteiger partial charge in [-0.15, -0.1) is 0 Å². The van der Waals surface area contributed by atoms with Gasteiger partial charge in [-0.25, -0.2) is 9.97 Å². The second-order valence-corrected chi connectivity index (χ2v) is 5.52. The lowest BCUT2D eigenvalue weighted by atomic mass is 9.92. The molecular formula is C13H19N5. The van der Waals surface area contributed by atoms with Gasteiger partial charge in [-0.3, -0.25) is 4.68 Å². The van der Waals surface area contributed by atoms with Gasteiger partial charge in [0.2, 0.25) is 0 Å². The maximum atomic E-state index is 5.87. The Morgan fingerprint density at radius 2 is 1.89 bits per heavy atom. The molecule has 0 amide bonds. The lowest BCUT2D eigenvalue weighted by Gasteiger charge is -2.18. The highest BCUT2D eigenvalue weighted by Crippen LogP contribution is 2.25. The molecule has 0 aliphatic rings. The normalized spacial score (nSPS) is 11.8. The molecule has 2 rings (SSSR count). The highest BCUT2D eigenvalue weighted by atomic mass is 15.3. The van der Waals surface area contributed by atoms with Gasteiger partial charge < -0.3 is 5.73 Å². The zero-order valence-electron chi connectivity index (χ0n) is 11.5. The topological polar surface area (TPSA) is 69.6 Å². The van der Waals surface area contributed by atoms with Crippen LogP contribution in [0.5, 0.6) is 0 Å². The first-order valence-corrected chi connectivity index (χ1v) is 5.93. The summed E-state index contributed by atoms with van der Waals surface area (Å²) in [5, 5.41) is 4.21. The van der Waals surface area contributed by atoms with E-state index >= 15 is 0 Å². The van der Waals surface area contributed by atoms with Crippen molar-refractivity contribution < 1.29 is 0 Å². The molecule has 0 aliphatic heterocycles. The fourth-order valence-corrected chi connectivity index (χ4v) is 1.69. The molecule has 2 aromatic rings. The molecule has 0 atom stereocenters. The molecule has 0 bridgehead atoms. The summed E-state index contributed by atoms with van der Waals surface area (Å²) in [6, 6.07) is 1.83. The number of anilines is 1. The Morgan fingerprint density at radius 1 is 1.22 bits per heavy atom. The Kier molecular flexibility index (Phi) is 2.84. The Labute approximate surface area is 107 Å². The molecule has 0 aliphatic carbocycles. The van der Waals surface area contributed by atoms with Crippen molar-refractivity contribution in [3.8, 4) is 11.4 Å². The van der Waals surface area contributed by atoms with E-state index in [0.717, 1.165) is 17.0 Å². The number of nitrogens with zero attached hydrogens (tertiary/aromatic N) is 4. The molecule has 0 saturated carbocycles. The first-order valence-electron chi connectivity index (χ1n) is 5.93. The number of nitrogen functional groups attached to an aromatic ring is 1. The number of rotatable bonds is 1. The lowest BCUT2D eigenvalue weighted by molar-refractivity contribution is 0.568. The quantitative estimate of drug-likeness (QED) is 0.835. The van der Waals surface area contributed by atoms with E-state index in [1.807, 2.05) is 20.0 Å². The fraction of sp³-hybridized carbons (Fsp3) is 0.462. The third kappa shape index (κ3) is 2.20. The van der Waals surface area contributed by atoms with E-state index < -0.39 is 0 Å². The van der Waals surface area contributed by atoms with Crippen LogP contribution < -0.4 is 5.73 Å². The maximum Gasteiger partial charge on any atom is 0.165 e. The molecule has 0 aromatic carbocycles. The predicted octanol–water partition coefficient (Wildman–Crippen LogP) is 2.07. The summed E-state index contributed by atoms with van der Waals surface area (Å²) in [7, 11) is 1.90. The summed E-state index contributed by atoms with van der Waals surface area (Å²) in [4.78, 5) is 8.91. The molecule has 2 heterocycles. The summed E-state index contributed by atoms with van der Waals surface area (Å²) >= 11 is 0. The second kappa shape index (κ2) is 4.08. The van der Waals surface area contributed by atoms with E-state index in [1.165, 1.54) is 0 Å². The standard InChI is InChI=1S/C13H19N5/c1-8-9(7-15-18(8)5)12-16-10(13(2,3)4)6-11(14)17-12/h6-7H,1-5H3,(H2,14,16,17). The number of aryl methyl sites for hydroxylation is 1. The van der Waals surface area contributed by atoms with Crippen LogP contribution in [0.1, 0.15) is 32.2 Å². The van der Waals surface area contributed by atoms with E-state index in [2.05, 4.69) is 35.8 Å². The van der Waals surface area contributed by atoms with Crippen molar-refractivity contribution in [2.45, 2.75) is 33.1 Å². The molecule has 0 radical (unpaired) electrons. The summed E-state index contributed by atoms with van der Waals surface area (Å²) in [6.07, 6.45) is 1.77. The molecule has 0 saturated heterocycles. The van der Waals surface area contributed by atoms with Crippen molar-refractivity contribution in [1.82, 2.24) is 19.7 Å². The van der Waals surface area contributed by atoms with Gasteiger partial charge in [0, 0.05) is 24.2 Å². The van der Waals surface area contributed by atoms with Crippen LogP contribution in [0.3, 0.4) is 0 Å². The summed E-state index contributed by atoms with van der Waals surface area (Å²) in [5.74, 6) is 1.14. The molecule has 18 heavy (non-hydrogen) atoms. The first kappa shape index (κ1) is 12.5. The number of aromatic nitrogens is 4. The van der Waals surface area contributed by atoms with Crippen molar-refractivity contribution in [3.05, 3.63) is 23.7 Å². The zero-order chi connectivity index (χ0) is 13.5. The largest absolute Gasteiger partial charge is 0.384 e. The van der Waals surface area contributed by atoms with E-state index in [4.69, 9.17) is 5.73 Å². The van der Waals surface area contributed by atoms with Crippen molar-refractivity contribution >= 4 is 5.82 Å². The van der Waals surface area contributed by atoms with Crippen molar-refractivity contribution in [3.63, 3.8) is 0 Å². The van der Waals surface area contributed by atoms with Crippen LogP contribution in [-0.4, -0.2) is 19.7 Å². The van der Waals surface area contributed by atoms with Crippen LogP contribution in [0, 0.1) is 6.92 Å². The smallest absolute Gasteiger partial charge is 0.165 e. The Hall–Kier alpha value is -1.91. The van der Waals surface area contributed by atoms with Crippen LogP contribution >= 0.6 is 0 Å². The van der Waals surface area contributed by atoms with Crippen molar-refractivity contribution in [2.75, 3.05) is 5.73 Å². The van der Waals surface area contributed by atoms with E-state index in [0.29, 0.717) is 11.6 Å². The van der Waals surface area contributed by atoms with Gasteiger partial charge in [-0.2, -0.15) is 5.10 Å². The molecule has 0 spiro atoms. The lowest BCUT2D eigenvalue weighted by Crippen LogP contribution is -2.15. The molecule has 2 aromatic heterocycles. The Balaban J connectivity index is 2.59. The number of hydrogen-bond donors (Lipinski definition) is 1. The molecule has 5 heteroatoms. The molecule has 0 unspecified atom stereocenters. The minimum Gasteiger partial charge on any atom is -0.384 e. The van der Waals surface area contributed by atoms with Crippen LogP contribution in [0.15, 0.2) is 12.3 Å². The second-order valence-electron chi connectivity index (χ2n) is 5.52. The van der Waals surface area contributed by atoms with E-state index in [-0.39, 0.29) is 5.41 Å². The zero-order valence-corrected chi connectivity index (χ0v) is 11.5. The Bertz CT molecular complexity index is 578. The van der Waals surface area contributed by atoms with Gasteiger partial charge in [0.05, 0.1) is 17.5 Å². The van der Waals surface area contributed by atoms with Crippen LogP contribution in [0.2, 0.25) is 0 Å². The third-order valence-electron chi connectivity index (χ3n) is 2.99. The van der Waals surface area contributed by atoms with Crippen LogP contribution in [-0.2, 0) is 12.5 Å². The SMILES string of the molecule is Cc1c(-c2nc(N)cc(C(C)(C)C)n2)cnn1C. The number of nitrogens with two attached hydrogens (primary N) is 1. The first-order chi connectivity index (χ1) is 8.29. The van der Waals surface area contributed by atoms with E-state index in [1.54, 1.807) is 10.9 Å². The average molecular weight is 245 g/mol. The van der Waals surface area contributed by atoms with Gasteiger partial charge >= 0.3 is 0 Å². The minimum atomic E-state index is -0.0536. The van der Waals surface area contributed by atoms with Crippen LogP contribution in [0.4, 0.5) is 5.82 Å². The van der Waals surface area contributed by atoms with E-state index in [9.17, 15) is 0 Å². The minimum absolute atomic E-state index is 0.0536. The summed E-state index contributed by atoms with van der Waals surface area (Å²) in [5.41, 5.74) is 8.71. The maximum absolute atomic E-state index is 5.87. The highest BCUT2D eigenvalue weighted by molar-refractivity contribution is 5.59. The monoisotopic (exact) mass is 245 g/mol. The van der Waals surface area contributed by atoms with Gasteiger partial charge in [0.1, 0.15) is 5.82 Å². The predicted molar refractivity (Wildman–Crippen MR) is 72.1 cm³/mol. The third-order valence-corrected chi connectivity index (χ3v) is 2.99. The van der Waals surface area contributed by atoms with Crippen LogP contribution in [0.25, 0.3) is 11.4 Å². The summed E-state index contributed by atoms with van der Waals surface area (Å²) in [6.45, 7) is 8.31. The van der Waals surface area contributed by atoms with Crippen molar-refractivity contribution in [1.29, 1.82) is 0 Å². The van der Waals surface area contributed by atoms with Crippen molar-refractivity contribution in [2.24, 2.45) is 7.05 Å². The number of hydrogen-bond acceptors (Lipinski definition) is 4. The van der Waals surface area contributed by atoms with Gasteiger partial charge in [0.25, 0.3) is 0 Å². The molecule has 2 N–H and O–H groups in total. The molecule has 0 fully saturated rings.